The van der Waals surface area contributed by atoms with Crippen LogP contribution in [0, 0.1) is 0 Å². The maximum atomic E-state index is 12.9. The van der Waals surface area contributed by atoms with Gasteiger partial charge in [0, 0.05) is 18.7 Å². The lowest BCUT2D eigenvalue weighted by atomic mass is 10.0. The Morgan fingerprint density at radius 3 is 2.36 bits per heavy atom. The van der Waals surface area contributed by atoms with E-state index in [1.54, 1.807) is 6.07 Å². The average Bonchev–Trinajstić information content (AvgIpc) is 2.84. The molecule has 3 aromatic rings. The summed E-state index contributed by atoms with van der Waals surface area (Å²) in [6.45, 7) is 2.11. The summed E-state index contributed by atoms with van der Waals surface area (Å²) in [4.78, 5) is 24.4. The Morgan fingerprint density at radius 1 is 0.970 bits per heavy atom. The number of hydrogen-bond acceptors (Lipinski definition) is 4. The molecule has 0 unspecified atom stereocenters. The Hall–Kier alpha value is -3.49. The summed E-state index contributed by atoms with van der Waals surface area (Å²) >= 11 is 0. The van der Waals surface area contributed by atoms with Crippen molar-refractivity contribution in [2.75, 3.05) is 19.6 Å². The lowest BCUT2D eigenvalue weighted by Crippen LogP contribution is -2.49. The third kappa shape index (κ3) is 5.13. The molecule has 1 aliphatic heterocycles. The minimum atomic E-state index is -3.87. The molecule has 0 radical (unpaired) electrons. The molecule has 1 aliphatic rings. The normalized spacial score (nSPS) is 15.5. The molecule has 170 valence electrons. The number of piperazine rings is 1. The van der Waals surface area contributed by atoms with E-state index in [-0.39, 0.29) is 47.9 Å². The van der Waals surface area contributed by atoms with Gasteiger partial charge in [0.25, 0.3) is 5.91 Å². The molecule has 7 nitrogen and oxygen atoms in total. The smallest absolute Gasteiger partial charge is 0.251 e. The molecule has 1 fully saturated rings. The Balaban J connectivity index is 1.47. The van der Waals surface area contributed by atoms with Crippen molar-refractivity contribution in [1.29, 1.82) is 0 Å². The van der Waals surface area contributed by atoms with Gasteiger partial charge < -0.3 is 10.6 Å². The second-order valence-electron chi connectivity index (χ2n) is 7.90. The van der Waals surface area contributed by atoms with Crippen molar-refractivity contribution in [2.45, 2.75) is 17.9 Å². The standard InChI is InChI=1S/C25H25N3O4S/c1-18(19-10-12-21(13-11-19)20-6-3-2-4-7-20)27-25(30)22-8-5-9-23(16-22)33(31,32)28-15-14-26-24(29)17-28/h2-13,16,18H,14-15,17H2,1H3,(H,26,29)(H,27,30)/t18-/m1/s1. The highest BCUT2D eigenvalue weighted by molar-refractivity contribution is 7.89. The van der Waals surface area contributed by atoms with E-state index in [0.29, 0.717) is 0 Å². The summed E-state index contributed by atoms with van der Waals surface area (Å²) in [5.74, 6) is -0.714. The summed E-state index contributed by atoms with van der Waals surface area (Å²) in [5, 5.41) is 5.53. The highest BCUT2D eigenvalue weighted by atomic mass is 32.2. The quantitative estimate of drug-likeness (QED) is 0.588. The van der Waals surface area contributed by atoms with Gasteiger partial charge in [0.15, 0.2) is 0 Å². The molecule has 2 amide bonds. The topological polar surface area (TPSA) is 95.6 Å². The predicted octanol–water partition coefficient (Wildman–Crippen LogP) is 2.97. The first-order valence-electron chi connectivity index (χ1n) is 10.7. The van der Waals surface area contributed by atoms with Gasteiger partial charge in [-0.3, -0.25) is 9.59 Å². The van der Waals surface area contributed by atoms with Crippen LogP contribution in [-0.2, 0) is 14.8 Å². The number of amides is 2. The van der Waals surface area contributed by atoms with Gasteiger partial charge in [0.1, 0.15) is 0 Å². The lowest BCUT2D eigenvalue weighted by molar-refractivity contribution is -0.122. The predicted molar refractivity (Wildman–Crippen MR) is 126 cm³/mol. The van der Waals surface area contributed by atoms with Gasteiger partial charge in [-0.05, 0) is 41.8 Å². The van der Waals surface area contributed by atoms with Gasteiger partial charge >= 0.3 is 0 Å². The van der Waals surface area contributed by atoms with Crippen LogP contribution in [0.2, 0.25) is 0 Å². The molecule has 33 heavy (non-hydrogen) atoms. The molecule has 0 aromatic heterocycles. The highest BCUT2D eigenvalue weighted by Gasteiger charge is 2.29. The summed E-state index contributed by atoms with van der Waals surface area (Å²) in [5.41, 5.74) is 3.38. The molecular formula is C25H25N3O4S. The van der Waals surface area contributed by atoms with Gasteiger partial charge in [-0.2, -0.15) is 4.31 Å². The first-order chi connectivity index (χ1) is 15.8. The molecule has 1 heterocycles. The van der Waals surface area contributed by atoms with Crippen molar-refractivity contribution in [3.05, 3.63) is 90.0 Å². The SMILES string of the molecule is C[C@@H](NC(=O)c1cccc(S(=O)(=O)N2CCNC(=O)C2)c1)c1ccc(-c2ccccc2)cc1. The number of nitrogens with one attached hydrogen (secondary N) is 2. The highest BCUT2D eigenvalue weighted by Crippen LogP contribution is 2.23. The third-order valence-corrected chi connectivity index (χ3v) is 7.44. The van der Waals surface area contributed by atoms with Gasteiger partial charge in [0.05, 0.1) is 17.5 Å². The van der Waals surface area contributed by atoms with Crippen LogP contribution in [0.5, 0.6) is 0 Å². The number of carbonyl (C=O) groups excluding carboxylic acids is 2. The van der Waals surface area contributed by atoms with E-state index in [2.05, 4.69) is 10.6 Å². The molecule has 1 atom stereocenters. The molecule has 0 bridgehead atoms. The van der Waals surface area contributed by atoms with E-state index in [9.17, 15) is 18.0 Å². The van der Waals surface area contributed by atoms with E-state index in [0.717, 1.165) is 21.0 Å². The molecular weight excluding hydrogens is 438 g/mol. The van der Waals surface area contributed by atoms with Crippen LogP contribution in [0.1, 0.15) is 28.9 Å². The zero-order chi connectivity index (χ0) is 23.4. The Labute approximate surface area is 193 Å². The van der Waals surface area contributed by atoms with Crippen LogP contribution < -0.4 is 10.6 Å². The van der Waals surface area contributed by atoms with E-state index in [1.165, 1.54) is 18.2 Å². The van der Waals surface area contributed by atoms with Crippen molar-refractivity contribution in [3.63, 3.8) is 0 Å². The Morgan fingerprint density at radius 2 is 1.67 bits per heavy atom. The van der Waals surface area contributed by atoms with Crippen LogP contribution in [0.4, 0.5) is 0 Å². The van der Waals surface area contributed by atoms with Crippen molar-refractivity contribution in [2.24, 2.45) is 0 Å². The lowest BCUT2D eigenvalue weighted by Gasteiger charge is -2.26. The number of hydrogen-bond donors (Lipinski definition) is 2. The van der Waals surface area contributed by atoms with E-state index in [1.807, 2.05) is 61.5 Å². The summed E-state index contributed by atoms with van der Waals surface area (Å²) in [6.07, 6.45) is 0. The zero-order valence-corrected chi connectivity index (χ0v) is 19.0. The third-order valence-electron chi connectivity index (χ3n) is 5.60. The first kappa shape index (κ1) is 22.7. The fraction of sp³-hybridized carbons (Fsp3) is 0.200. The average molecular weight is 464 g/mol. The maximum Gasteiger partial charge on any atom is 0.251 e. The number of sulfonamides is 1. The number of rotatable bonds is 6. The zero-order valence-electron chi connectivity index (χ0n) is 18.2. The second-order valence-corrected chi connectivity index (χ2v) is 9.84. The molecule has 0 saturated carbocycles. The molecule has 8 heteroatoms. The summed E-state index contributed by atoms with van der Waals surface area (Å²) in [7, 11) is -3.87. The van der Waals surface area contributed by atoms with E-state index >= 15 is 0 Å². The number of nitrogens with zero attached hydrogens (tertiary/aromatic N) is 1. The number of carbonyl (C=O) groups is 2. The maximum absolute atomic E-state index is 12.9. The molecule has 0 spiro atoms. The Bertz CT molecular complexity index is 1260. The van der Waals surface area contributed by atoms with Gasteiger partial charge in [-0.1, -0.05) is 60.7 Å². The molecule has 0 aliphatic carbocycles. The largest absolute Gasteiger partial charge is 0.354 e. The first-order valence-corrected chi connectivity index (χ1v) is 12.1. The monoisotopic (exact) mass is 463 g/mol. The second kappa shape index (κ2) is 9.56. The fourth-order valence-corrected chi connectivity index (χ4v) is 5.17. The molecule has 3 aromatic carbocycles. The van der Waals surface area contributed by atoms with Gasteiger partial charge in [-0.15, -0.1) is 0 Å². The molecule has 4 rings (SSSR count). The van der Waals surface area contributed by atoms with Crippen LogP contribution in [0.3, 0.4) is 0 Å². The minimum Gasteiger partial charge on any atom is -0.354 e. The summed E-state index contributed by atoms with van der Waals surface area (Å²) in [6, 6.07) is 23.6. The fourth-order valence-electron chi connectivity index (χ4n) is 3.73. The van der Waals surface area contributed by atoms with Crippen molar-refractivity contribution < 1.29 is 18.0 Å². The van der Waals surface area contributed by atoms with Gasteiger partial charge in [-0.25, -0.2) is 8.42 Å². The van der Waals surface area contributed by atoms with E-state index < -0.39 is 10.0 Å². The number of benzene rings is 3. The molecule has 1 saturated heterocycles. The Kier molecular flexibility index (Phi) is 6.57. The van der Waals surface area contributed by atoms with Gasteiger partial charge in [0.2, 0.25) is 15.9 Å². The molecule has 2 N–H and O–H groups in total. The summed E-state index contributed by atoms with van der Waals surface area (Å²) < 4.78 is 27.0. The van der Waals surface area contributed by atoms with Crippen molar-refractivity contribution in [3.8, 4) is 11.1 Å². The van der Waals surface area contributed by atoms with Crippen molar-refractivity contribution >= 4 is 21.8 Å². The van der Waals surface area contributed by atoms with Crippen LogP contribution >= 0.6 is 0 Å². The van der Waals surface area contributed by atoms with Crippen LogP contribution in [0.15, 0.2) is 83.8 Å². The van der Waals surface area contributed by atoms with E-state index in [4.69, 9.17) is 0 Å². The van der Waals surface area contributed by atoms with Crippen LogP contribution in [-0.4, -0.2) is 44.2 Å². The van der Waals surface area contributed by atoms with Crippen LogP contribution in [0.25, 0.3) is 11.1 Å². The van der Waals surface area contributed by atoms with Crippen molar-refractivity contribution in [1.82, 2.24) is 14.9 Å². The minimum absolute atomic E-state index is 0.00952.